The first-order valence-electron chi connectivity index (χ1n) is 5.24. The highest BCUT2D eigenvalue weighted by atomic mass is 35.5. The van der Waals surface area contributed by atoms with Gasteiger partial charge in [-0.1, -0.05) is 31.5 Å². The average Bonchev–Trinajstić information content (AvgIpc) is 2.29. The Kier molecular flexibility index (Phi) is 6.98. The summed E-state index contributed by atoms with van der Waals surface area (Å²) in [5.41, 5.74) is 0.477. The minimum atomic E-state index is -0.994. The second-order valence-corrected chi connectivity index (χ2v) is 3.52. The van der Waals surface area contributed by atoms with Crippen molar-refractivity contribution < 1.29 is 14.7 Å². The molecule has 1 rings (SSSR count). The van der Waals surface area contributed by atoms with Crippen LogP contribution in [0.5, 0.6) is 0 Å². The van der Waals surface area contributed by atoms with E-state index in [4.69, 9.17) is 5.11 Å². The lowest BCUT2D eigenvalue weighted by Gasteiger charge is -2.13. The van der Waals surface area contributed by atoms with Gasteiger partial charge in [0.05, 0.1) is 0 Å². The fourth-order valence-corrected chi connectivity index (χ4v) is 1.38. The van der Waals surface area contributed by atoms with Gasteiger partial charge in [0.1, 0.15) is 6.04 Å². The summed E-state index contributed by atoms with van der Waals surface area (Å²) < 4.78 is 0. The number of benzene rings is 1. The molecular weight excluding hydrogens is 242 g/mol. The molecule has 1 atom stereocenters. The van der Waals surface area contributed by atoms with E-state index in [-0.39, 0.29) is 18.3 Å². The first-order chi connectivity index (χ1) is 7.65. The Bertz CT molecular complexity index is 367. The van der Waals surface area contributed by atoms with Crippen LogP contribution >= 0.6 is 12.4 Å². The van der Waals surface area contributed by atoms with Gasteiger partial charge < -0.3 is 10.4 Å². The molecule has 2 N–H and O–H groups in total. The Morgan fingerprint density at radius 2 is 1.88 bits per heavy atom. The highest BCUT2D eigenvalue weighted by Crippen LogP contribution is 2.02. The van der Waals surface area contributed by atoms with Crippen LogP contribution in [0.25, 0.3) is 0 Å². The molecule has 0 aliphatic heterocycles. The van der Waals surface area contributed by atoms with E-state index in [9.17, 15) is 9.59 Å². The monoisotopic (exact) mass is 257 g/mol. The summed E-state index contributed by atoms with van der Waals surface area (Å²) in [6.07, 6.45) is 1.15. The second-order valence-electron chi connectivity index (χ2n) is 3.52. The van der Waals surface area contributed by atoms with Crippen LogP contribution in [0.15, 0.2) is 30.3 Å². The van der Waals surface area contributed by atoms with Gasteiger partial charge in [0.15, 0.2) is 0 Å². The zero-order valence-electron chi connectivity index (χ0n) is 9.55. The third-order valence-electron chi connectivity index (χ3n) is 2.22. The van der Waals surface area contributed by atoms with Crippen molar-refractivity contribution in [3.05, 3.63) is 35.9 Å². The molecule has 1 aromatic carbocycles. The van der Waals surface area contributed by atoms with Crippen LogP contribution in [0.3, 0.4) is 0 Å². The summed E-state index contributed by atoms with van der Waals surface area (Å²) in [4.78, 5) is 22.5. The fourth-order valence-electron chi connectivity index (χ4n) is 1.38. The van der Waals surface area contributed by atoms with Crippen LogP contribution in [0.1, 0.15) is 30.1 Å². The lowest BCUT2D eigenvalue weighted by Crippen LogP contribution is -2.40. The third kappa shape index (κ3) is 4.87. The Morgan fingerprint density at radius 1 is 1.29 bits per heavy atom. The maximum absolute atomic E-state index is 11.7. The number of hydrogen-bond donors (Lipinski definition) is 2. The topological polar surface area (TPSA) is 66.4 Å². The Hall–Kier alpha value is -1.55. The van der Waals surface area contributed by atoms with Crippen LogP contribution in [0.4, 0.5) is 0 Å². The van der Waals surface area contributed by atoms with Crippen molar-refractivity contribution in [1.29, 1.82) is 0 Å². The molecule has 94 valence electrons. The average molecular weight is 258 g/mol. The Morgan fingerprint density at radius 3 is 2.35 bits per heavy atom. The maximum Gasteiger partial charge on any atom is 0.326 e. The number of nitrogens with one attached hydrogen (secondary N) is 1. The summed E-state index contributed by atoms with van der Waals surface area (Å²) in [5.74, 6) is -1.34. The molecule has 17 heavy (non-hydrogen) atoms. The number of halogens is 1. The van der Waals surface area contributed by atoms with Gasteiger partial charge >= 0.3 is 5.97 Å². The van der Waals surface area contributed by atoms with E-state index in [1.807, 2.05) is 6.92 Å². The smallest absolute Gasteiger partial charge is 0.326 e. The minimum Gasteiger partial charge on any atom is -0.480 e. The summed E-state index contributed by atoms with van der Waals surface area (Å²) in [7, 11) is 0. The van der Waals surface area contributed by atoms with Crippen LogP contribution in [0, 0.1) is 0 Å². The number of rotatable bonds is 5. The van der Waals surface area contributed by atoms with Gasteiger partial charge in [0.2, 0.25) is 0 Å². The van der Waals surface area contributed by atoms with Gasteiger partial charge in [-0.25, -0.2) is 4.79 Å². The van der Waals surface area contributed by atoms with Gasteiger partial charge in [-0.15, -0.1) is 12.4 Å². The SMILES string of the molecule is CCCC(NC(=O)c1ccccc1)C(=O)O.Cl. The standard InChI is InChI=1S/C12H15NO3.ClH/c1-2-6-10(12(15)16)13-11(14)9-7-4-3-5-8-9;/h3-5,7-8,10H,2,6H2,1H3,(H,13,14)(H,15,16);1H. The predicted octanol–water partition coefficient (Wildman–Crippen LogP) is 2.09. The molecule has 0 bridgehead atoms. The normalized spacial score (nSPS) is 11.1. The molecule has 0 aliphatic carbocycles. The number of carbonyl (C=O) groups excluding carboxylic acids is 1. The Balaban J connectivity index is 0.00000256. The van der Waals surface area contributed by atoms with Gasteiger partial charge in [-0.05, 0) is 18.6 Å². The van der Waals surface area contributed by atoms with E-state index in [0.717, 1.165) is 0 Å². The van der Waals surface area contributed by atoms with Crippen molar-refractivity contribution in [2.75, 3.05) is 0 Å². The molecule has 4 nitrogen and oxygen atoms in total. The van der Waals surface area contributed by atoms with Gasteiger partial charge in [-0.2, -0.15) is 0 Å². The highest BCUT2D eigenvalue weighted by Gasteiger charge is 2.19. The van der Waals surface area contributed by atoms with Crippen molar-refractivity contribution in [3.63, 3.8) is 0 Å². The maximum atomic E-state index is 11.7. The summed E-state index contributed by atoms with van der Waals surface area (Å²) in [6, 6.07) is 7.78. The molecule has 1 amide bonds. The molecular formula is C12H16ClNO3. The number of carbonyl (C=O) groups is 2. The van der Waals surface area contributed by atoms with Crippen molar-refractivity contribution in [3.8, 4) is 0 Å². The zero-order chi connectivity index (χ0) is 12.0. The summed E-state index contributed by atoms with van der Waals surface area (Å²) in [6.45, 7) is 1.88. The van der Waals surface area contributed by atoms with Crippen LogP contribution < -0.4 is 5.32 Å². The first kappa shape index (κ1) is 15.4. The molecule has 0 aliphatic rings. The molecule has 0 saturated carbocycles. The zero-order valence-corrected chi connectivity index (χ0v) is 10.4. The Labute approximate surface area is 106 Å². The third-order valence-corrected chi connectivity index (χ3v) is 2.22. The van der Waals surface area contributed by atoms with E-state index in [2.05, 4.69) is 5.32 Å². The minimum absolute atomic E-state index is 0. The molecule has 0 heterocycles. The fraction of sp³-hybridized carbons (Fsp3) is 0.333. The van der Waals surface area contributed by atoms with Gasteiger partial charge in [0.25, 0.3) is 5.91 Å². The molecule has 1 aromatic rings. The van der Waals surface area contributed by atoms with Crippen LogP contribution in [-0.4, -0.2) is 23.0 Å². The molecule has 1 unspecified atom stereocenters. The van der Waals surface area contributed by atoms with Gasteiger partial charge in [0, 0.05) is 5.56 Å². The number of hydrogen-bond acceptors (Lipinski definition) is 2. The number of aliphatic carboxylic acids is 1. The quantitative estimate of drug-likeness (QED) is 0.849. The van der Waals surface area contributed by atoms with E-state index in [1.54, 1.807) is 30.3 Å². The molecule has 0 aromatic heterocycles. The number of carboxylic acids is 1. The molecule has 0 spiro atoms. The molecule has 0 radical (unpaired) electrons. The van der Waals surface area contributed by atoms with E-state index >= 15 is 0 Å². The van der Waals surface area contributed by atoms with Crippen molar-refractivity contribution in [1.82, 2.24) is 5.32 Å². The van der Waals surface area contributed by atoms with Crippen molar-refractivity contribution in [2.45, 2.75) is 25.8 Å². The van der Waals surface area contributed by atoms with Crippen molar-refractivity contribution >= 4 is 24.3 Å². The number of amides is 1. The number of carboxylic acid groups (broad SMARTS) is 1. The molecule has 0 fully saturated rings. The van der Waals surface area contributed by atoms with Gasteiger partial charge in [-0.3, -0.25) is 4.79 Å². The molecule has 5 heteroatoms. The lowest BCUT2D eigenvalue weighted by molar-refractivity contribution is -0.139. The highest BCUT2D eigenvalue weighted by molar-refractivity contribution is 5.96. The largest absolute Gasteiger partial charge is 0.480 e. The summed E-state index contributed by atoms with van der Waals surface area (Å²) >= 11 is 0. The second kappa shape index (κ2) is 7.68. The van der Waals surface area contributed by atoms with Crippen molar-refractivity contribution in [2.24, 2.45) is 0 Å². The van der Waals surface area contributed by atoms with Crippen LogP contribution in [0.2, 0.25) is 0 Å². The molecule has 0 saturated heterocycles. The predicted molar refractivity (Wildman–Crippen MR) is 67.5 cm³/mol. The summed E-state index contributed by atoms with van der Waals surface area (Å²) in [5, 5.41) is 11.4. The first-order valence-corrected chi connectivity index (χ1v) is 5.24. The van der Waals surface area contributed by atoms with Crippen LogP contribution in [-0.2, 0) is 4.79 Å². The van der Waals surface area contributed by atoms with E-state index in [0.29, 0.717) is 18.4 Å². The lowest BCUT2D eigenvalue weighted by atomic mass is 10.1. The van der Waals surface area contributed by atoms with E-state index in [1.165, 1.54) is 0 Å². The van der Waals surface area contributed by atoms with E-state index < -0.39 is 12.0 Å².